The monoisotopic (exact) mass is 313 g/mol. The molecule has 0 aliphatic carbocycles. The van der Waals surface area contributed by atoms with E-state index in [0.717, 1.165) is 33.9 Å². The zero-order chi connectivity index (χ0) is 16.4. The van der Waals surface area contributed by atoms with Gasteiger partial charge in [-0.2, -0.15) is 0 Å². The molecule has 0 bridgehead atoms. The molecular formula is C20H15N3O. The second-order valence-corrected chi connectivity index (χ2v) is 5.46. The van der Waals surface area contributed by atoms with Crippen molar-refractivity contribution >= 4 is 0 Å². The lowest BCUT2D eigenvalue weighted by molar-refractivity contribution is 0.475. The second kappa shape index (κ2) is 6.01. The molecule has 0 saturated carbocycles. The van der Waals surface area contributed by atoms with Crippen LogP contribution in [0.15, 0.2) is 79.1 Å². The van der Waals surface area contributed by atoms with E-state index in [1.54, 1.807) is 24.5 Å². The van der Waals surface area contributed by atoms with Crippen LogP contribution in [-0.4, -0.2) is 20.1 Å². The van der Waals surface area contributed by atoms with E-state index in [1.165, 1.54) is 0 Å². The fourth-order valence-electron chi connectivity index (χ4n) is 2.70. The van der Waals surface area contributed by atoms with Gasteiger partial charge in [-0.15, -0.1) is 0 Å². The van der Waals surface area contributed by atoms with Crippen molar-refractivity contribution in [3.05, 3.63) is 79.1 Å². The number of phenolic OH excluding ortho intramolecular Hbond substituents is 1. The summed E-state index contributed by atoms with van der Waals surface area (Å²) in [5.41, 5.74) is 4.70. The average molecular weight is 313 g/mol. The van der Waals surface area contributed by atoms with Crippen molar-refractivity contribution < 1.29 is 5.11 Å². The first kappa shape index (κ1) is 14.2. The molecule has 0 radical (unpaired) electrons. The molecule has 4 rings (SSSR count). The zero-order valence-corrected chi connectivity index (χ0v) is 12.8. The van der Waals surface area contributed by atoms with Crippen molar-refractivity contribution in [1.29, 1.82) is 0 Å². The van der Waals surface area contributed by atoms with Crippen LogP contribution in [0.3, 0.4) is 0 Å². The number of imidazole rings is 1. The van der Waals surface area contributed by atoms with Crippen LogP contribution in [0.2, 0.25) is 0 Å². The fourth-order valence-corrected chi connectivity index (χ4v) is 2.70. The van der Waals surface area contributed by atoms with Crippen LogP contribution in [0.1, 0.15) is 0 Å². The maximum absolute atomic E-state index is 9.73. The molecule has 0 unspecified atom stereocenters. The molecule has 2 aromatic carbocycles. The quantitative estimate of drug-likeness (QED) is 0.585. The molecule has 0 spiro atoms. The van der Waals surface area contributed by atoms with Crippen molar-refractivity contribution in [2.45, 2.75) is 0 Å². The summed E-state index contributed by atoms with van der Waals surface area (Å²) in [5.74, 6) is 0.937. The minimum absolute atomic E-state index is 0.218. The largest absolute Gasteiger partial charge is 0.508 e. The molecule has 0 saturated heterocycles. The number of phenols is 1. The van der Waals surface area contributed by atoms with Crippen LogP contribution in [0.25, 0.3) is 33.9 Å². The zero-order valence-electron chi connectivity index (χ0n) is 12.8. The first-order chi connectivity index (χ1) is 11.8. The van der Waals surface area contributed by atoms with Gasteiger partial charge in [0.1, 0.15) is 11.6 Å². The summed E-state index contributed by atoms with van der Waals surface area (Å²) < 4.78 is 0. The Labute approximate surface area is 139 Å². The van der Waals surface area contributed by atoms with Gasteiger partial charge in [0.2, 0.25) is 0 Å². The standard InChI is InChI=1S/C20H15N3O/c24-17-8-4-7-16(13-17)20-22-18(14-5-2-1-3-6-14)19(23-20)15-9-11-21-12-10-15/h1-13,24H,(H,22,23). The molecule has 2 aromatic heterocycles. The SMILES string of the molecule is Oc1cccc(-c2nc(-c3ccccc3)c(-c3ccncc3)[nH]2)c1. The van der Waals surface area contributed by atoms with Crippen LogP contribution in [0.4, 0.5) is 0 Å². The van der Waals surface area contributed by atoms with Crippen molar-refractivity contribution in [3.8, 4) is 39.7 Å². The maximum atomic E-state index is 9.73. The normalized spacial score (nSPS) is 10.7. The van der Waals surface area contributed by atoms with Crippen molar-refractivity contribution in [3.63, 3.8) is 0 Å². The molecule has 116 valence electrons. The summed E-state index contributed by atoms with van der Waals surface area (Å²) >= 11 is 0. The molecular weight excluding hydrogens is 298 g/mol. The van der Waals surface area contributed by atoms with E-state index in [-0.39, 0.29) is 5.75 Å². The Balaban J connectivity index is 1.91. The van der Waals surface area contributed by atoms with E-state index >= 15 is 0 Å². The predicted octanol–water partition coefficient (Wildman–Crippen LogP) is 4.51. The number of hydrogen-bond donors (Lipinski definition) is 2. The van der Waals surface area contributed by atoms with E-state index < -0.39 is 0 Å². The smallest absolute Gasteiger partial charge is 0.138 e. The van der Waals surface area contributed by atoms with E-state index in [1.807, 2.05) is 54.6 Å². The number of benzene rings is 2. The summed E-state index contributed by atoms with van der Waals surface area (Å²) in [7, 11) is 0. The van der Waals surface area contributed by atoms with Crippen LogP contribution in [0.5, 0.6) is 5.75 Å². The van der Waals surface area contributed by atoms with E-state index in [2.05, 4.69) is 9.97 Å². The molecule has 24 heavy (non-hydrogen) atoms. The first-order valence-electron chi connectivity index (χ1n) is 7.66. The van der Waals surface area contributed by atoms with Gasteiger partial charge in [-0.25, -0.2) is 4.98 Å². The number of H-pyrrole nitrogens is 1. The summed E-state index contributed by atoms with van der Waals surface area (Å²) in [4.78, 5) is 12.3. The number of nitrogens with zero attached hydrogens (tertiary/aromatic N) is 2. The van der Waals surface area contributed by atoms with Crippen molar-refractivity contribution in [1.82, 2.24) is 15.0 Å². The van der Waals surface area contributed by atoms with Gasteiger partial charge in [-0.3, -0.25) is 4.98 Å². The van der Waals surface area contributed by atoms with E-state index in [0.29, 0.717) is 0 Å². The van der Waals surface area contributed by atoms with Gasteiger partial charge >= 0.3 is 0 Å². The number of aromatic hydroxyl groups is 1. The molecule has 4 heteroatoms. The van der Waals surface area contributed by atoms with Crippen molar-refractivity contribution in [2.75, 3.05) is 0 Å². The highest BCUT2D eigenvalue weighted by molar-refractivity contribution is 5.81. The Bertz CT molecular complexity index is 906. The topological polar surface area (TPSA) is 61.8 Å². The lowest BCUT2D eigenvalue weighted by atomic mass is 10.1. The Morgan fingerprint density at radius 3 is 2.25 bits per heavy atom. The third kappa shape index (κ3) is 2.65. The van der Waals surface area contributed by atoms with Gasteiger partial charge in [0, 0.05) is 29.1 Å². The molecule has 0 aliphatic heterocycles. The Morgan fingerprint density at radius 2 is 1.50 bits per heavy atom. The lowest BCUT2D eigenvalue weighted by Gasteiger charge is -2.02. The summed E-state index contributed by atoms with van der Waals surface area (Å²) in [5, 5.41) is 9.73. The van der Waals surface area contributed by atoms with Gasteiger partial charge < -0.3 is 10.1 Å². The average Bonchev–Trinajstić information content (AvgIpc) is 3.09. The summed E-state index contributed by atoms with van der Waals surface area (Å²) in [6.07, 6.45) is 3.53. The molecule has 2 N–H and O–H groups in total. The molecule has 2 heterocycles. The first-order valence-corrected chi connectivity index (χ1v) is 7.66. The Kier molecular flexibility index (Phi) is 3.56. The van der Waals surface area contributed by atoms with Gasteiger partial charge in [0.25, 0.3) is 0 Å². The van der Waals surface area contributed by atoms with Gasteiger partial charge in [-0.05, 0) is 24.3 Å². The molecule has 0 aliphatic rings. The molecule has 0 atom stereocenters. The van der Waals surface area contributed by atoms with Crippen LogP contribution in [-0.2, 0) is 0 Å². The lowest BCUT2D eigenvalue weighted by Crippen LogP contribution is -1.83. The number of aromatic nitrogens is 3. The Hall–Kier alpha value is -3.40. The number of nitrogens with one attached hydrogen (secondary N) is 1. The summed E-state index contributed by atoms with van der Waals surface area (Å²) in [6.45, 7) is 0. The highest BCUT2D eigenvalue weighted by atomic mass is 16.3. The highest BCUT2D eigenvalue weighted by Gasteiger charge is 2.15. The number of hydrogen-bond acceptors (Lipinski definition) is 3. The minimum atomic E-state index is 0.218. The third-order valence-electron chi connectivity index (χ3n) is 3.84. The molecule has 0 amide bonds. The van der Waals surface area contributed by atoms with E-state index in [4.69, 9.17) is 4.98 Å². The predicted molar refractivity (Wildman–Crippen MR) is 94.4 cm³/mol. The third-order valence-corrected chi connectivity index (χ3v) is 3.84. The number of aromatic amines is 1. The maximum Gasteiger partial charge on any atom is 0.138 e. The van der Waals surface area contributed by atoms with Gasteiger partial charge in [-0.1, -0.05) is 42.5 Å². The number of pyridine rings is 1. The van der Waals surface area contributed by atoms with E-state index in [9.17, 15) is 5.11 Å². The van der Waals surface area contributed by atoms with Crippen LogP contribution in [0, 0.1) is 0 Å². The second-order valence-electron chi connectivity index (χ2n) is 5.46. The minimum Gasteiger partial charge on any atom is -0.508 e. The van der Waals surface area contributed by atoms with Crippen molar-refractivity contribution in [2.24, 2.45) is 0 Å². The number of rotatable bonds is 3. The molecule has 0 fully saturated rings. The van der Waals surface area contributed by atoms with Gasteiger partial charge in [0.15, 0.2) is 0 Å². The van der Waals surface area contributed by atoms with Crippen LogP contribution < -0.4 is 0 Å². The highest BCUT2D eigenvalue weighted by Crippen LogP contribution is 2.33. The summed E-state index contributed by atoms with van der Waals surface area (Å²) in [6, 6.07) is 21.0. The van der Waals surface area contributed by atoms with Gasteiger partial charge in [0.05, 0.1) is 11.4 Å². The fraction of sp³-hybridized carbons (Fsp3) is 0. The molecule has 4 aromatic rings. The molecule has 4 nitrogen and oxygen atoms in total. The Morgan fingerprint density at radius 1 is 0.750 bits per heavy atom. The van der Waals surface area contributed by atoms with Crippen LogP contribution >= 0.6 is 0 Å².